The van der Waals surface area contributed by atoms with Crippen molar-refractivity contribution in [1.82, 2.24) is 0 Å². The van der Waals surface area contributed by atoms with E-state index in [4.69, 9.17) is 4.74 Å². The van der Waals surface area contributed by atoms with Gasteiger partial charge in [-0.25, -0.2) is 8.42 Å². The predicted octanol–water partition coefficient (Wildman–Crippen LogP) is 1.55. The van der Waals surface area contributed by atoms with E-state index in [1.54, 1.807) is 7.11 Å². The van der Waals surface area contributed by atoms with Crippen LogP contribution in [-0.2, 0) is 21.1 Å². The van der Waals surface area contributed by atoms with Crippen LogP contribution in [-0.4, -0.2) is 32.8 Å². The number of Topliss-reactive ketones (excluding diaryl/α,β-unsaturated/α-hetero) is 1. The van der Waals surface area contributed by atoms with Crippen LogP contribution >= 0.6 is 0 Å². The topological polar surface area (TPSA) is 60.4 Å². The van der Waals surface area contributed by atoms with Crippen molar-refractivity contribution in [2.75, 3.05) is 18.6 Å². The largest absolute Gasteiger partial charge is 0.496 e. The van der Waals surface area contributed by atoms with E-state index in [0.717, 1.165) is 11.1 Å². The summed E-state index contributed by atoms with van der Waals surface area (Å²) in [5, 5.41) is 0. The molecule has 4 nitrogen and oxygen atoms in total. The summed E-state index contributed by atoms with van der Waals surface area (Å²) >= 11 is 0. The lowest BCUT2D eigenvalue weighted by Crippen LogP contribution is -2.18. The molecule has 1 atom stereocenters. The second kappa shape index (κ2) is 5.33. The molecule has 1 fully saturated rings. The molecule has 1 unspecified atom stereocenters. The lowest BCUT2D eigenvalue weighted by atomic mass is 9.96. The molecule has 1 saturated heterocycles. The fraction of sp³-hybridized carbons (Fsp3) is 0.500. The Balaban J connectivity index is 2.13. The van der Waals surface area contributed by atoms with E-state index in [1.807, 2.05) is 25.1 Å². The third kappa shape index (κ3) is 3.35. The summed E-state index contributed by atoms with van der Waals surface area (Å²) in [6.07, 6.45) is 0.695. The molecule has 0 bridgehead atoms. The number of carbonyl (C=O) groups is 1. The number of sulfone groups is 1. The molecule has 0 aromatic heterocycles. The number of methoxy groups -OCH3 is 1. The molecule has 2 rings (SSSR count). The van der Waals surface area contributed by atoms with E-state index in [1.165, 1.54) is 0 Å². The van der Waals surface area contributed by atoms with Gasteiger partial charge in [-0.2, -0.15) is 0 Å². The highest BCUT2D eigenvalue weighted by Crippen LogP contribution is 2.25. The molecule has 0 aliphatic carbocycles. The first-order chi connectivity index (χ1) is 8.91. The normalized spacial score (nSPS) is 21.3. The molecule has 0 radical (unpaired) electrons. The van der Waals surface area contributed by atoms with Crippen LogP contribution in [0.4, 0.5) is 0 Å². The fourth-order valence-electron chi connectivity index (χ4n) is 2.43. The van der Waals surface area contributed by atoms with E-state index < -0.39 is 9.84 Å². The standard InChI is InChI=1S/C14H18O4S/c1-10-3-4-14(18-2)12(7-10)8-13(15)11-5-6-19(16,17)9-11/h3-4,7,11H,5-6,8-9H2,1-2H3. The lowest BCUT2D eigenvalue weighted by molar-refractivity contribution is -0.121. The summed E-state index contributed by atoms with van der Waals surface area (Å²) < 4.78 is 28.0. The predicted molar refractivity (Wildman–Crippen MR) is 73.2 cm³/mol. The van der Waals surface area contributed by atoms with Crippen LogP contribution in [0.2, 0.25) is 0 Å². The van der Waals surface area contributed by atoms with Gasteiger partial charge in [0.25, 0.3) is 0 Å². The smallest absolute Gasteiger partial charge is 0.151 e. The van der Waals surface area contributed by atoms with Crippen LogP contribution in [0.1, 0.15) is 17.5 Å². The van der Waals surface area contributed by atoms with E-state index >= 15 is 0 Å². The number of benzene rings is 1. The number of carbonyl (C=O) groups excluding carboxylic acids is 1. The second-order valence-electron chi connectivity index (χ2n) is 5.06. The van der Waals surface area contributed by atoms with E-state index in [0.29, 0.717) is 12.2 Å². The zero-order chi connectivity index (χ0) is 14.0. The Labute approximate surface area is 113 Å². The Morgan fingerprint density at radius 2 is 2.16 bits per heavy atom. The van der Waals surface area contributed by atoms with Gasteiger partial charge in [0.1, 0.15) is 11.5 Å². The highest BCUT2D eigenvalue weighted by atomic mass is 32.2. The van der Waals surface area contributed by atoms with Gasteiger partial charge in [-0.3, -0.25) is 4.79 Å². The van der Waals surface area contributed by atoms with Crippen LogP contribution in [0.15, 0.2) is 18.2 Å². The van der Waals surface area contributed by atoms with Gasteiger partial charge in [0.15, 0.2) is 9.84 Å². The van der Waals surface area contributed by atoms with Gasteiger partial charge < -0.3 is 4.74 Å². The molecule has 104 valence electrons. The van der Waals surface area contributed by atoms with Crippen LogP contribution in [0.5, 0.6) is 5.75 Å². The summed E-state index contributed by atoms with van der Waals surface area (Å²) in [5.74, 6) is 0.453. The van der Waals surface area contributed by atoms with E-state index in [2.05, 4.69) is 0 Å². The number of aryl methyl sites for hydroxylation is 1. The Kier molecular flexibility index (Phi) is 3.94. The summed E-state index contributed by atoms with van der Waals surface area (Å²) in [6.45, 7) is 1.95. The van der Waals surface area contributed by atoms with Crippen molar-refractivity contribution in [1.29, 1.82) is 0 Å². The van der Waals surface area contributed by atoms with Crippen molar-refractivity contribution >= 4 is 15.6 Å². The molecule has 19 heavy (non-hydrogen) atoms. The molecule has 1 heterocycles. The zero-order valence-electron chi connectivity index (χ0n) is 11.2. The molecule has 0 N–H and O–H groups in total. The first kappa shape index (κ1) is 14.1. The molecular weight excluding hydrogens is 264 g/mol. The second-order valence-corrected chi connectivity index (χ2v) is 7.29. The van der Waals surface area contributed by atoms with E-state index in [-0.39, 0.29) is 29.6 Å². The Morgan fingerprint density at radius 1 is 1.42 bits per heavy atom. The maximum absolute atomic E-state index is 12.2. The van der Waals surface area contributed by atoms with Crippen molar-refractivity contribution in [3.8, 4) is 5.75 Å². The van der Waals surface area contributed by atoms with Crippen molar-refractivity contribution in [2.45, 2.75) is 19.8 Å². The van der Waals surface area contributed by atoms with Crippen LogP contribution in [0, 0.1) is 12.8 Å². The van der Waals surface area contributed by atoms with Crippen molar-refractivity contribution in [2.24, 2.45) is 5.92 Å². The zero-order valence-corrected chi connectivity index (χ0v) is 12.0. The van der Waals surface area contributed by atoms with Gasteiger partial charge in [-0.15, -0.1) is 0 Å². The van der Waals surface area contributed by atoms with Crippen LogP contribution in [0.3, 0.4) is 0 Å². The molecule has 1 aromatic carbocycles. The molecule has 0 saturated carbocycles. The Bertz CT molecular complexity index is 589. The SMILES string of the molecule is COc1ccc(C)cc1CC(=O)C1CCS(=O)(=O)C1. The van der Waals surface area contributed by atoms with Gasteiger partial charge in [0.2, 0.25) is 0 Å². The number of ketones is 1. The monoisotopic (exact) mass is 282 g/mol. The molecule has 0 amide bonds. The molecule has 5 heteroatoms. The van der Waals surface area contributed by atoms with Gasteiger partial charge in [-0.05, 0) is 19.4 Å². The fourth-order valence-corrected chi connectivity index (χ4v) is 4.20. The third-order valence-corrected chi connectivity index (χ3v) is 5.26. The Morgan fingerprint density at radius 3 is 2.74 bits per heavy atom. The van der Waals surface area contributed by atoms with Crippen LogP contribution < -0.4 is 4.74 Å². The molecule has 1 aromatic rings. The summed E-state index contributed by atoms with van der Waals surface area (Å²) in [5.41, 5.74) is 1.89. The lowest BCUT2D eigenvalue weighted by Gasteiger charge is -2.11. The first-order valence-electron chi connectivity index (χ1n) is 6.28. The van der Waals surface area contributed by atoms with Crippen molar-refractivity contribution < 1.29 is 17.9 Å². The number of hydrogen-bond acceptors (Lipinski definition) is 4. The minimum atomic E-state index is -3.01. The summed E-state index contributed by atoms with van der Waals surface area (Å²) in [6, 6.07) is 5.68. The number of rotatable bonds is 4. The first-order valence-corrected chi connectivity index (χ1v) is 8.10. The summed E-state index contributed by atoms with van der Waals surface area (Å²) in [7, 11) is -1.44. The minimum absolute atomic E-state index is 0.0000352. The highest BCUT2D eigenvalue weighted by Gasteiger charge is 2.32. The number of ether oxygens (including phenoxy) is 1. The molecule has 1 aliphatic rings. The average Bonchev–Trinajstić information content (AvgIpc) is 2.70. The number of hydrogen-bond donors (Lipinski definition) is 0. The maximum atomic E-state index is 12.2. The molecule has 0 spiro atoms. The van der Waals surface area contributed by atoms with Gasteiger partial charge in [0.05, 0.1) is 18.6 Å². The Hall–Kier alpha value is -1.36. The highest BCUT2D eigenvalue weighted by molar-refractivity contribution is 7.91. The minimum Gasteiger partial charge on any atom is -0.496 e. The summed E-state index contributed by atoms with van der Waals surface area (Å²) in [4.78, 5) is 12.2. The van der Waals surface area contributed by atoms with Crippen molar-refractivity contribution in [3.63, 3.8) is 0 Å². The molecular formula is C14H18O4S. The quantitative estimate of drug-likeness (QED) is 0.840. The van der Waals surface area contributed by atoms with Gasteiger partial charge in [-0.1, -0.05) is 17.7 Å². The van der Waals surface area contributed by atoms with Gasteiger partial charge in [0, 0.05) is 17.9 Å². The van der Waals surface area contributed by atoms with Crippen LogP contribution in [0.25, 0.3) is 0 Å². The van der Waals surface area contributed by atoms with E-state index in [9.17, 15) is 13.2 Å². The maximum Gasteiger partial charge on any atom is 0.151 e. The average molecular weight is 282 g/mol. The van der Waals surface area contributed by atoms with Crippen molar-refractivity contribution in [3.05, 3.63) is 29.3 Å². The molecule has 1 aliphatic heterocycles. The third-order valence-electron chi connectivity index (χ3n) is 3.49. The van der Waals surface area contributed by atoms with Gasteiger partial charge >= 0.3 is 0 Å².